The SMILES string of the molecule is CCOC(=O)C1=C(C)NC2=C(C(=O)C[C@@H](c3ccccc3)C2)[C@H]1c1ccc(OC)cc1. The molecule has 0 spiro atoms. The molecule has 0 unspecified atom stereocenters. The molecule has 4 rings (SSSR count). The number of carbonyl (C=O) groups excluding carboxylic acids is 2. The number of esters is 1. The van der Waals surface area contributed by atoms with Crippen LogP contribution >= 0.6 is 0 Å². The molecule has 2 atom stereocenters. The highest BCUT2D eigenvalue weighted by Gasteiger charge is 2.41. The highest BCUT2D eigenvalue weighted by atomic mass is 16.5. The minimum atomic E-state index is -0.453. The Kier molecular flexibility index (Phi) is 5.94. The number of ether oxygens (including phenoxy) is 2. The summed E-state index contributed by atoms with van der Waals surface area (Å²) in [6.07, 6.45) is 1.15. The Morgan fingerprint density at radius 2 is 1.74 bits per heavy atom. The Balaban J connectivity index is 1.79. The molecule has 1 aliphatic carbocycles. The van der Waals surface area contributed by atoms with Crippen molar-refractivity contribution in [3.8, 4) is 5.75 Å². The first-order chi connectivity index (χ1) is 15.0. The molecule has 1 N–H and O–H groups in total. The lowest BCUT2D eigenvalue weighted by molar-refractivity contribution is -0.138. The van der Waals surface area contributed by atoms with Crippen LogP contribution in [0.1, 0.15) is 49.7 Å². The molecule has 0 radical (unpaired) electrons. The fraction of sp³-hybridized carbons (Fsp3) is 0.308. The monoisotopic (exact) mass is 417 g/mol. The van der Waals surface area contributed by atoms with Gasteiger partial charge in [-0.25, -0.2) is 4.79 Å². The average Bonchev–Trinajstić information content (AvgIpc) is 2.78. The van der Waals surface area contributed by atoms with Gasteiger partial charge in [-0.1, -0.05) is 42.5 Å². The van der Waals surface area contributed by atoms with Crippen molar-refractivity contribution in [2.24, 2.45) is 0 Å². The van der Waals surface area contributed by atoms with Crippen molar-refractivity contribution in [2.75, 3.05) is 13.7 Å². The van der Waals surface area contributed by atoms with Gasteiger partial charge in [0.2, 0.25) is 0 Å². The number of allylic oxidation sites excluding steroid dienone is 3. The zero-order chi connectivity index (χ0) is 22.0. The third kappa shape index (κ3) is 4.00. The lowest BCUT2D eigenvalue weighted by atomic mass is 9.72. The second-order valence-corrected chi connectivity index (χ2v) is 7.92. The molecule has 1 aliphatic heterocycles. The summed E-state index contributed by atoms with van der Waals surface area (Å²) >= 11 is 0. The van der Waals surface area contributed by atoms with Crippen molar-refractivity contribution in [2.45, 2.75) is 38.5 Å². The maximum absolute atomic E-state index is 13.5. The van der Waals surface area contributed by atoms with Gasteiger partial charge in [-0.3, -0.25) is 4.79 Å². The van der Waals surface area contributed by atoms with Crippen molar-refractivity contribution in [3.63, 3.8) is 0 Å². The molecule has 0 fully saturated rings. The fourth-order valence-electron chi connectivity index (χ4n) is 4.61. The molecule has 2 aliphatic rings. The predicted molar refractivity (Wildman–Crippen MR) is 119 cm³/mol. The quantitative estimate of drug-likeness (QED) is 0.719. The number of Topliss-reactive ketones (excluding diaryl/α,β-unsaturated/α-hetero) is 1. The van der Waals surface area contributed by atoms with E-state index in [1.54, 1.807) is 14.0 Å². The first-order valence-corrected chi connectivity index (χ1v) is 10.6. The topological polar surface area (TPSA) is 64.6 Å². The summed E-state index contributed by atoms with van der Waals surface area (Å²) in [5, 5.41) is 3.37. The number of hydrogen-bond donors (Lipinski definition) is 1. The summed E-state index contributed by atoms with van der Waals surface area (Å²) in [4.78, 5) is 26.4. The number of ketones is 1. The molecule has 2 aromatic rings. The van der Waals surface area contributed by atoms with Gasteiger partial charge in [-0.05, 0) is 49.4 Å². The summed E-state index contributed by atoms with van der Waals surface area (Å²) in [6.45, 7) is 3.94. The van der Waals surface area contributed by atoms with Crippen LogP contribution in [0.3, 0.4) is 0 Å². The maximum Gasteiger partial charge on any atom is 0.336 e. The Labute approximate surface area is 182 Å². The van der Waals surface area contributed by atoms with Gasteiger partial charge in [-0.15, -0.1) is 0 Å². The van der Waals surface area contributed by atoms with Crippen molar-refractivity contribution in [1.82, 2.24) is 5.32 Å². The van der Waals surface area contributed by atoms with E-state index in [1.807, 2.05) is 49.4 Å². The molecule has 0 saturated carbocycles. The molecule has 5 nitrogen and oxygen atoms in total. The van der Waals surface area contributed by atoms with E-state index in [2.05, 4.69) is 17.4 Å². The normalized spacial score (nSPS) is 20.8. The number of rotatable bonds is 5. The Morgan fingerprint density at radius 1 is 1.03 bits per heavy atom. The van der Waals surface area contributed by atoms with Gasteiger partial charge in [0.05, 0.1) is 19.3 Å². The van der Waals surface area contributed by atoms with Crippen LogP contribution in [0.25, 0.3) is 0 Å². The van der Waals surface area contributed by atoms with Gasteiger partial charge in [0.1, 0.15) is 5.75 Å². The number of nitrogens with one attached hydrogen (secondary N) is 1. The van der Waals surface area contributed by atoms with Crippen LogP contribution in [0.4, 0.5) is 0 Å². The van der Waals surface area contributed by atoms with Gasteiger partial charge in [-0.2, -0.15) is 0 Å². The molecule has 2 aromatic carbocycles. The minimum absolute atomic E-state index is 0.0673. The number of hydrogen-bond acceptors (Lipinski definition) is 5. The van der Waals surface area contributed by atoms with E-state index in [9.17, 15) is 9.59 Å². The zero-order valence-electron chi connectivity index (χ0n) is 18.1. The second kappa shape index (κ2) is 8.80. The minimum Gasteiger partial charge on any atom is -0.497 e. The van der Waals surface area contributed by atoms with Crippen LogP contribution in [0.2, 0.25) is 0 Å². The van der Waals surface area contributed by atoms with E-state index in [-0.39, 0.29) is 18.3 Å². The molecular weight excluding hydrogens is 390 g/mol. The molecule has 0 aromatic heterocycles. The fourth-order valence-corrected chi connectivity index (χ4v) is 4.61. The van der Waals surface area contributed by atoms with Gasteiger partial charge < -0.3 is 14.8 Å². The second-order valence-electron chi connectivity index (χ2n) is 7.92. The van der Waals surface area contributed by atoms with E-state index in [4.69, 9.17) is 9.47 Å². The summed E-state index contributed by atoms with van der Waals surface area (Å²) in [5.41, 5.74) is 4.84. The van der Waals surface area contributed by atoms with E-state index < -0.39 is 11.9 Å². The van der Waals surface area contributed by atoms with E-state index in [0.717, 1.165) is 34.7 Å². The van der Waals surface area contributed by atoms with E-state index >= 15 is 0 Å². The molecule has 0 bridgehead atoms. The molecule has 160 valence electrons. The molecule has 1 heterocycles. The average molecular weight is 418 g/mol. The van der Waals surface area contributed by atoms with Crippen molar-refractivity contribution in [3.05, 3.63) is 88.3 Å². The van der Waals surface area contributed by atoms with Crippen LogP contribution in [0.15, 0.2) is 77.1 Å². The molecular formula is C26H27NO4. The third-order valence-electron chi connectivity index (χ3n) is 6.04. The first-order valence-electron chi connectivity index (χ1n) is 10.6. The highest BCUT2D eigenvalue weighted by molar-refractivity contribution is 6.04. The van der Waals surface area contributed by atoms with Crippen molar-refractivity contribution in [1.29, 1.82) is 0 Å². The molecule has 5 heteroatoms. The lowest BCUT2D eigenvalue weighted by Crippen LogP contribution is -2.36. The molecule has 0 saturated heterocycles. The maximum atomic E-state index is 13.5. The van der Waals surface area contributed by atoms with Crippen LogP contribution in [0.5, 0.6) is 5.75 Å². The van der Waals surface area contributed by atoms with Gasteiger partial charge in [0, 0.05) is 29.3 Å². The summed E-state index contributed by atoms with van der Waals surface area (Å²) < 4.78 is 10.6. The third-order valence-corrected chi connectivity index (χ3v) is 6.04. The van der Waals surface area contributed by atoms with Crippen LogP contribution in [-0.4, -0.2) is 25.5 Å². The van der Waals surface area contributed by atoms with E-state index in [0.29, 0.717) is 17.6 Å². The summed E-state index contributed by atoms with van der Waals surface area (Å²) in [5.74, 6) is 0.0683. The molecule has 0 amide bonds. The van der Waals surface area contributed by atoms with Crippen LogP contribution < -0.4 is 10.1 Å². The lowest BCUT2D eigenvalue weighted by Gasteiger charge is -2.36. The van der Waals surface area contributed by atoms with Gasteiger partial charge in [0.25, 0.3) is 0 Å². The Hall–Kier alpha value is -3.34. The van der Waals surface area contributed by atoms with E-state index in [1.165, 1.54) is 0 Å². The Morgan fingerprint density at radius 3 is 2.39 bits per heavy atom. The van der Waals surface area contributed by atoms with Gasteiger partial charge >= 0.3 is 5.97 Å². The van der Waals surface area contributed by atoms with Crippen molar-refractivity contribution >= 4 is 11.8 Å². The van der Waals surface area contributed by atoms with Crippen molar-refractivity contribution < 1.29 is 19.1 Å². The summed E-state index contributed by atoms with van der Waals surface area (Å²) in [6, 6.07) is 17.7. The zero-order valence-corrected chi connectivity index (χ0v) is 18.1. The Bertz CT molecular complexity index is 1050. The molecule has 31 heavy (non-hydrogen) atoms. The summed E-state index contributed by atoms with van der Waals surface area (Å²) in [7, 11) is 1.61. The van der Waals surface area contributed by atoms with Crippen LogP contribution in [0, 0.1) is 0 Å². The smallest absolute Gasteiger partial charge is 0.336 e. The van der Waals surface area contributed by atoms with Crippen LogP contribution in [-0.2, 0) is 14.3 Å². The van der Waals surface area contributed by atoms with Gasteiger partial charge in [0.15, 0.2) is 5.78 Å². The predicted octanol–water partition coefficient (Wildman–Crippen LogP) is 4.62. The number of benzene rings is 2. The first kappa shape index (κ1) is 20.9. The standard InChI is InChI=1S/C26H27NO4/c1-4-31-26(29)23-16(2)27-21-14-19(17-8-6-5-7-9-17)15-22(28)25(21)24(23)18-10-12-20(30-3)13-11-18/h5-13,19,24,27H,4,14-15H2,1-3H3/t19-,24-/m0/s1. The number of methoxy groups -OCH3 is 1. The largest absolute Gasteiger partial charge is 0.497 e. The highest BCUT2D eigenvalue weighted by Crippen LogP contribution is 2.45. The number of carbonyl (C=O) groups is 2. The number of dihydropyridines is 1.